The van der Waals surface area contributed by atoms with Crippen LogP contribution in [0.4, 0.5) is 0 Å². The lowest BCUT2D eigenvalue weighted by Crippen LogP contribution is -2.67. The first-order chi connectivity index (χ1) is 21.9. The predicted octanol–water partition coefficient (Wildman–Crippen LogP) is 5.08. The number of hydrogen-bond acceptors (Lipinski definition) is 9. The van der Waals surface area contributed by atoms with Crippen LogP contribution in [0.5, 0.6) is 17.8 Å². The molecule has 258 valence electrons. The molecule has 0 bridgehead atoms. The molecule has 2 atom stereocenters. The number of ether oxygens (including phenoxy) is 4. The molecule has 3 heterocycles. The summed E-state index contributed by atoms with van der Waals surface area (Å²) in [6, 6.07) is 22.1. The number of fused-ring (bicyclic) bond motifs is 1. The van der Waals surface area contributed by atoms with E-state index in [-0.39, 0.29) is 60.8 Å². The molecule has 0 saturated carbocycles. The first kappa shape index (κ1) is 38.3. The quantitative estimate of drug-likeness (QED) is 0.244. The topological polar surface area (TPSA) is 89.5 Å². The minimum atomic E-state index is -0.0898. The highest BCUT2D eigenvalue weighted by atomic mass is 35.5. The Morgan fingerprint density at radius 2 is 1.53 bits per heavy atom. The highest BCUT2D eigenvalue weighted by Gasteiger charge is 2.43. The van der Waals surface area contributed by atoms with Crippen molar-refractivity contribution in [2.45, 2.75) is 57.8 Å². The molecule has 10 nitrogen and oxygen atoms in total. The number of carbonyl (C=O) groups is 1. The van der Waals surface area contributed by atoms with Gasteiger partial charge in [0.1, 0.15) is 0 Å². The van der Waals surface area contributed by atoms with Crippen LogP contribution < -0.4 is 14.2 Å². The second kappa shape index (κ2) is 18.4. The van der Waals surface area contributed by atoms with Crippen molar-refractivity contribution >= 4 is 30.7 Å². The molecule has 0 spiro atoms. The Morgan fingerprint density at radius 3 is 2.11 bits per heavy atom. The lowest BCUT2D eigenvalue weighted by atomic mass is 9.81. The van der Waals surface area contributed by atoms with Crippen LogP contribution in [0.3, 0.4) is 0 Å². The summed E-state index contributed by atoms with van der Waals surface area (Å²) in [6.07, 6.45) is 0.303. The van der Waals surface area contributed by atoms with Crippen LogP contribution in [0.1, 0.15) is 49.8 Å². The molecule has 2 aliphatic rings. The van der Waals surface area contributed by atoms with Gasteiger partial charge in [0.2, 0.25) is 17.7 Å². The Hall–Kier alpha value is -3.15. The van der Waals surface area contributed by atoms with E-state index >= 15 is 0 Å². The summed E-state index contributed by atoms with van der Waals surface area (Å²) in [5.41, 5.74) is 3.35. The Bertz CT molecular complexity index is 1350. The van der Waals surface area contributed by atoms with Crippen LogP contribution in [-0.4, -0.2) is 109 Å². The van der Waals surface area contributed by atoms with Crippen LogP contribution in [-0.2, 0) is 16.1 Å². The van der Waals surface area contributed by atoms with Crippen molar-refractivity contribution in [2.75, 3.05) is 60.2 Å². The lowest BCUT2D eigenvalue weighted by Gasteiger charge is -2.53. The number of rotatable bonds is 13. The van der Waals surface area contributed by atoms with Gasteiger partial charge < -0.3 is 23.8 Å². The van der Waals surface area contributed by atoms with Crippen LogP contribution >= 0.6 is 24.8 Å². The van der Waals surface area contributed by atoms with Crippen molar-refractivity contribution in [2.24, 2.45) is 0 Å². The molecular formula is C35H49Cl2N5O5. The maximum atomic E-state index is 13.1. The zero-order valence-electron chi connectivity index (χ0n) is 28.0. The van der Waals surface area contributed by atoms with Crippen molar-refractivity contribution in [3.8, 4) is 17.8 Å². The van der Waals surface area contributed by atoms with Crippen LogP contribution in [0.2, 0.25) is 0 Å². The summed E-state index contributed by atoms with van der Waals surface area (Å²) in [4.78, 5) is 29.4. The molecule has 1 amide bonds. The molecule has 2 saturated heterocycles. The third kappa shape index (κ3) is 9.48. The van der Waals surface area contributed by atoms with Gasteiger partial charge >= 0.3 is 6.01 Å². The van der Waals surface area contributed by atoms with Crippen LogP contribution in [0.25, 0.3) is 0 Å². The summed E-state index contributed by atoms with van der Waals surface area (Å²) >= 11 is 0. The molecule has 0 radical (unpaired) electrons. The van der Waals surface area contributed by atoms with E-state index in [1.807, 2.05) is 25.7 Å². The maximum absolute atomic E-state index is 13.1. The van der Waals surface area contributed by atoms with Gasteiger partial charge in [-0.1, -0.05) is 60.7 Å². The standard InChI is InChI=1S/C35H47N5O5.2ClH/c1-6-44-35-36-33(43-5)29(34(37-35)45-25(2)3)23-38-21-28-22-39(31(41)17-20-42-4)18-19-40(28)30(24-38)32(26-13-9-7-10-14-26)27-15-11-8-12-16-27;;/h7-16,25,28,30,32H,6,17-24H2,1-5H3;2*1H/t28-,30+;;/m1../s1. The molecule has 12 heteroatoms. The molecule has 3 aromatic rings. The van der Waals surface area contributed by atoms with Gasteiger partial charge in [-0.15, -0.1) is 24.8 Å². The monoisotopic (exact) mass is 689 g/mol. The number of nitrogens with zero attached hydrogens (tertiary/aromatic N) is 5. The van der Waals surface area contributed by atoms with Crippen LogP contribution in [0.15, 0.2) is 60.7 Å². The van der Waals surface area contributed by atoms with E-state index in [2.05, 4.69) is 80.4 Å². The minimum Gasteiger partial charge on any atom is -0.481 e. The number of methoxy groups -OCH3 is 2. The van der Waals surface area contributed by atoms with E-state index in [0.717, 1.165) is 25.2 Å². The molecule has 0 aliphatic carbocycles. The second-order valence-electron chi connectivity index (χ2n) is 11.9. The lowest BCUT2D eigenvalue weighted by molar-refractivity contribution is -0.137. The number of halogens is 2. The van der Waals surface area contributed by atoms with Gasteiger partial charge in [-0.3, -0.25) is 14.6 Å². The largest absolute Gasteiger partial charge is 0.481 e. The summed E-state index contributed by atoms with van der Waals surface area (Å²) in [7, 11) is 3.26. The first-order valence-corrected chi connectivity index (χ1v) is 16.0. The number of amides is 1. The van der Waals surface area contributed by atoms with Gasteiger partial charge in [-0.2, -0.15) is 9.97 Å². The second-order valence-corrected chi connectivity index (χ2v) is 11.9. The van der Waals surface area contributed by atoms with Gasteiger partial charge in [0.15, 0.2) is 0 Å². The molecule has 2 aromatic carbocycles. The first-order valence-electron chi connectivity index (χ1n) is 16.0. The van der Waals surface area contributed by atoms with E-state index in [1.54, 1.807) is 14.2 Å². The third-order valence-electron chi connectivity index (χ3n) is 8.55. The molecule has 0 unspecified atom stereocenters. The summed E-state index contributed by atoms with van der Waals surface area (Å²) in [5, 5.41) is 0. The fourth-order valence-corrected chi connectivity index (χ4v) is 6.64. The molecular weight excluding hydrogens is 641 g/mol. The SMILES string of the molecule is CCOc1nc(OC)c(CN2C[C@@H]3CN(C(=O)CCOC)CCN3[C@H](C(c3ccccc3)c3ccccc3)C2)c(OC(C)C)n1.Cl.Cl. The predicted molar refractivity (Wildman–Crippen MR) is 187 cm³/mol. The Kier molecular flexibility index (Phi) is 15.0. The van der Waals surface area contributed by atoms with E-state index in [9.17, 15) is 4.79 Å². The average Bonchev–Trinajstić information content (AvgIpc) is 3.05. The van der Waals surface area contributed by atoms with Gasteiger partial charge in [0, 0.05) is 64.4 Å². The maximum Gasteiger partial charge on any atom is 0.323 e. The fourth-order valence-electron chi connectivity index (χ4n) is 6.64. The minimum absolute atomic E-state index is 0. The Balaban J connectivity index is 0.00000300. The number of piperazine rings is 2. The van der Waals surface area contributed by atoms with Gasteiger partial charge in [-0.25, -0.2) is 0 Å². The molecule has 2 aliphatic heterocycles. The number of carbonyl (C=O) groups excluding carboxylic acids is 1. The third-order valence-corrected chi connectivity index (χ3v) is 8.55. The number of aromatic nitrogens is 2. The van der Waals surface area contributed by atoms with Gasteiger partial charge in [0.25, 0.3) is 0 Å². The average molecular weight is 691 g/mol. The zero-order chi connectivity index (χ0) is 31.8. The molecule has 1 aromatic heterocycles. The van der Waals surface area contributed by atoms with E-state index in [1.165, 1.54) is 11.1 Å². The molecule has 0 N–H and O–H groups in total. The zero-order valence-corrected chi connectivity index (χ0v) is 29.7. The molecule has 5 rings (SSSR count). The van der Waals surface area contributed by atoms with Gasteiger partial charge in [-0.05, 0) is 31.9 Å². The summed E-state index contributed by atoms with van der Waals surface area (Å²) in [5.74, 6) is 1.20. The van der Waals surface area contributed by atoms with Crippen molar-refractivity contribution in [3.05, 3.63) is 77.4 Å². The van der Waals surface area contributed by atoms with Gasteiger partial charge in [0.05, 0.1) is 38.4 Å². The smallest absolute Gasteiger partial charge is 0.323 e. The summed E-state index contributed by atoms with van der Waals surface area (Å²) in [6.45, 7) is 11.0. The van der Waals surface area contributed by atoms with Crippen molar-refractivity contribution < 1.29 is 23.7 Å². The van der Waals surface area contributed by atoms with E-state index in [0.29, 0.717) is 51.0 Å². The molecule has 2 fully saturated rings. The van der Waals surface area contributed by atoms with Crippen LogP contribution in [0, 0.1) is 0 Å². The summed E-state index contributed by atoms with van der Waals surface area (Å²) < 4.78 is 22.9. The highest BCUT2D eigenvalue weighted by molar-refractivity contribution is 5.85. The Morgan fingerprint density at radius 1 is 0.894 bits per heavy atom. The normalized spacial score (nSPS) is 18.2. The van der Waals surface area contributed by atoms with Crippen molar-refractivity contribution in [1.29, 1.82) is 0 Å². The van der Waals surface area contributed by atoms with Crippen molar-refractivity contribution in [3.63, 3.8) is 0 Å². The number of benzene rings is 2. The highest BCUT2D eigenvalue weighted by Crippen LogP contribution is 2.37. The number of hydrogen-bond donors (Lipinski definition) is 0. The Labute approximate surface area is 291 Å². The van der Waals surface area contributed by atoms with Crippen molar-refractivity contribution in [1.82, 2.24) is 24.7 Å². The molecule has 47 heavy (non-hydrogen) atoms. The fraction of sp³-hybridized carbons (Fsp3) is 0.514. The van der Waals surface area contributed by atoms with E-state index < -0.39 is 0 Å². The van der Waals surface area contributed by atoms with E-state index in [4.69, 9.17) is 18.9 Å².